The molecule has 0 saturated carbocycles. The van der Waals surface area contributed by atoms with Gasteiger partial charge in [0.2, 0.25) is 0 Å². The van der Waals surface area contributed by atoms with Crippen molar-refractivity contribution in [3.8, 4) is 23.0 Å². The number of hydrogen-bond donors (Lipinski definition) is 8. The van der Waals surface area contributed by atoms with Gasteiger partial charge >= 0.3 is 5.97 Å². The Morgan fingerprint density at radius 3 is 2.43 bits per heavy atom. The van der Waals surface area contributed by atoms with E-state index in [2.05, 4.69) is 0 Å². The Bertz CT molecular complexity index is 1220. The van der Waals surface area contributed by atoms with Crippen LogP contribution in [0.5, 0.6) is 23.0 Å². The number of hydrogen-bond acceptors (Lipinski definition) is 15. The van der Waals surface area contributed by atoms with Crippen molar-refractivity contribution < 1.29 is 74.1 Å². The van der Waals surface area contributed by atoms with Gasteiger partial charge < -0.3 is 69.3 Å². The highest BCUT2D eigenvalue weighted by atomic mass is 16.8. The molecule has 0 aromatic heterocycles. The number of phenolic OH excluding ortho intramolecular Hbond substituents is 3. The molecule has 15 nitrogen and oxygen atoms in total. The molecule has 0 aliphatic carbocycles. The van der Waals surface area contributed by atoms with Gasteiger partial charge in [0.25, 0.3) is 0 Å². The highest BCUT2D eigenvalue weighted by molar-refractivity contribution is 5.90. The lowest BCUT2D eigenvalue weighted by molar-refractivity contribution is -0.335. The van der Waals surface area contributed by atoms with E-state index in [4.69, 9.17) is 28.4 Å². The van der Waals surface area contributed by atoms with Crippen molar-refractivity contribution in [3.05, 3.63) is 47.5 Å². The number of aromatic hydroxyl groups is 3. The van der Waals surface area contributed by atoms with E-state index in [0.29, 0.717) is 5.56 Å². The zero-order valence-electron chi connectivity index (χ0n) is 22.5. The summed E-state index contributed by atoms with van der Waals surface area (Å²) in [6, 6.07) is 7.92. The summed E-state index contributed by atoms with van der Waals surface area (Å²) in [5.41, 5.74) is -1.52. The molecule has 42 heavy (non-hydrogen) atoms. The third kappa shape index (κ3) is 6.86. The topological polar surface area (TPSA) is 234 Å². The van der Waals surface area contributed by atoms with Crippen LogP contribution in [0.15, 0.2) is 36.4 Å². The van der Waals surface area contributed by atoms with Crippen molar-refractivity contribution >= 4 is 5.97 Å². The lowest BCUT2D eigenvalue weighted by Gasteiger charge is -2.42. The third-order valence-electron chi connectivity index (χ3n) is 7.00. The van der Waals surface area contributed by atoms with Gasteiger partial charge in [0.05, 0.1) is 32.5 Å². The normalized spacial score (nSPS) is 31.1. The number of carbonyl (C=O) groups excluding carboxylic acids is 1. The van der Waals surface area contributed by atoms with Crippen LogP contribution in [0.3, 0.4) is 0 Å². The van der Waals surface area contributed by atoms with Crippen LogP contribution >= 0.6 is 0 Å². The van der Waals surface area contributed by atoms with Gasteiger partial charge in [-0.15, -0.1) is 0 Å². The number of esters is 1. The molecule has 2 aliphatic rings. The number of methoxy groups -OCH3 is 1. The van der Waals surface area contributed by atoms with Crippen LogP contribution in [0.2, 0.25) is 0 Å². The largest absolute Gasteiger partial charge is 0.504 e. The minimum atomic E-state index is -2.12. The van der Waals surface area contributed by atoms with Crippen LogP contribution in [0.4, 0.5) is 0 Å². The molecule has 8 atom stereocenters. The molecule has 2 fully saturated rings. The van der Waals surface area contributed by atoms with Gasteiger partial charge in [-0.2, -0.15) is 0 Å². The quantitative estimate of drug-likeness (QED) is 0.109. The Hall–Kier alpha value is -3.25. The van der Waals surface area contributed by atoms with Crippen molar-refractivity contribution in [1.29, 1.82) is 0 Å². The van der Waals surface area contributed by atoms with Crippen LogP contribution in [0, 0.1) is 0 Å². The summed E-state index contributed by atoms with van der Waals surface area (Å²) in [5.74, 6) is -1.67. The van der Waals surface area contributed by atoms with Gasteiger partial charge in [0.15, 0.2) is 41.2 Å². The molecule has 2 heterocycles. The van der Waals surface area contributed by atoms with Crippen molar-refractivity contribution in [2.24, 2.45) is 0 Å². The fourth-order valence-electron chi connectivity index (χ4n) is 4.48. The molecular formula is C27H34O15. The van der Waals surface area contributed by atoms with Gasteiger partial charge in [-0.1, -0.05) is 6.07 Å². The van der Waals surface area contributed by atoms with E-state index in [0.717, 1.165) is 0 Å². The molecule has 2 aromatic rings. The van der Waals surface area contributed by atoms with E-state index in [1.807, 2.05) is 0 Å². The van der Waals surface area contributed by atoms with Gasteiger partial charge in [-0.25, -0.2) is 4.79 Å². The Morgan fingerprint density at radius 1 is 1.00 bits per heavy atom. The van der Waals surface area contributed by atoms with E-state index in [-0.39, 0.29) is 41.6 Å². The third-order valence-corrected chi connectivity index (χ3v) is 7.00. The molecule has 8 N–H and O–H groups in total. The molecule has 232 valence electrons. The predicted molar refractivity (Wildman–Crippen MR) is 138 cm³/mol. The lowest BCUT2D eigenvalue weighted by atomic mass is 9.98. The number of aliphatic hydroxyl groups excluding tert-OH is 4. The van der Waals surface area contributed by atoms with Gasteiger partial charge in [-0.05, 0) is 42.3 Å². The molecule has 0 radical (unpaired) electrons. The maximum absolute atomic E-state index is 12.5. The standard InChI is InChI=1S/C27H34O15/c1-37-18-9-14(3-5-16(18)30)24(35)39-11-27(36)12-40-26(23(27)34)42-22-21(33)20(32)19(10-28)41-25(22)38-7-6-13-2-4-15(29)17(31)8-13/h2-5,8-9,19-23,25-26,28-34,36H,6-7,10-12H2,1H3. The summed E-state index contributed by atoms with van der Waals surface area (Å²) in [4.78, 5) is 12.5. The number of phenols is 3. The van der Waals surface area contributed by atoms with Crippen molar-refractivity contribution in [1.82, 2.24) is 0 Å². The van der Waals surface area contributed by atoms with E-state index in [1.165, 1.54) is 37.4 Å². The second kappa shape index (κ2) is 13.4. The summed E-state index contributed by atoms with van der Waals surface area (Å²) in [5, 5.41) is 81.3. The van der Waals surface area contributed by atoms with Gasteiger partial charge in [0, 0.05) is 0 Å². The molecule has 0 amide bonds. The summed E-state index contributed by atoms with van der Waals surface area (Å²) in [6.45, 7) is -1.95. The fourth-order valence-corrected chi connectivity index (χ4v) is 4.48. The predicted octanol–water partition coefficient (Wildman–Crippen LogP) is -1.50. The molecule has 0 spiro atoms. The molecule has 4 rings (SSSR count). The summed E-state index contributed by atoms with van der Waals surface area (Å²) in [6.07, 6.45) is -10.5. The van der Waals surface area contributed by atoms with Crippen LogP contribution < -0.4 is 4.74 Å². The highest BCUT2D eigenvalue weighted by Gasteiger charge is 2.54. The van der Waals surface area contributed by atoms with Crippen molar-refractivity contribution in [3.63, 3.8) is 0 Å². The average Bonchev–Trinajstić information content (AvgIpc) is 3.26. The number of ether oxygens (including phenoxy) is 6. The van der Waals surface area contributed by atoms with Crippen LogP contribution in [0.1, 0.15) is 15.9 Å². The minimum absolute atomic E-state index is 0.00636. The maximum atomic E-state index is 12.5. The smallest absolute Gasteiger partial charge is 0.338 e. The van der Waals surface area contributed by atoms with E-state index in [9.17, 15) is 45.6 Å². The first-order valence-electron chi connectivity index (χ1n) is 12.9. The fraction of sp³-hybridized carbons (Fsp3) is 0.519. The lowest BCUT2D eigenvalue weighted by Crippen LogP contribution is -2.61. The number of aliphatic hydroxyl groups is 5. The molecule has 2 aliphatic heterocycles. The van der Waals surface area contributed by atoms with E-state index >= 15 is 0 Å². The molecule has 15 heteroatoms. The Kier molecular flexibility index (Phi) is 10.1. The second-order valence-electron chi connectivity index (χ2n) is 9.94. The number of carbonyl (C=O) groups is 1. The van der Waals surface area contributed by atoms with E-state index < -0.39 is 74.5 Å². The van der Waals surface area contributed by atoms with Crippen molar-refractivity contribution in [2.75, 3.05) is 33.5 Å². The highest BCUT2D eigenvalue weighted by Crippen LogP contribution is 2.33. The summed E-state index contributed by atoms with van der Waals surface area (Å²) < 4.78 is 32.4. The number of benzene rings is 2. The van der Waals surface area contributed by atoms with Gasteiger partial charge in [-0.3, -0.25) is 0 Å². The number of rotatable bonds is 11. The first kappa shape index (κ1) is 31.7. The monoisotopic (exact) mass is 598 g/mol. The zero-order valence-corrected chi connectivity index (χ0v) is 22.5. The minimum Gasteiger partial charge on any atom is -0.504 e. The maximum Gasteiger partial charge on any atom is 0.338 e. The first-order valence-corrected chi connectivity index (χ1v) is 12.9. The molecule has 2 saturated heterocycles. The Balaban J connectivity index is 1.39. The average molecular weight is 599 g/mol. The summed E-state index contributed by atoms with van der Waals surface area (Å²) in [7, 11) is 1.30. The SMILES string of the molecule is COc1cc(C(=O)OCC2(O)COC(OC3C(OCCc4ccc(O)c(O)c4)OC(CO)C(O)C3O)C2O)ccc1O. The summed E-state index contributed by atoms with van der Waals surface area (Å²) >= 11 is 0. The van der Waals surface area contributed by atoms with Crippen molar-refractivity contribution in [2.45, 2.75) is 55.1 Å². The Morgan fingerprint density at radius 2 is 1.74 bits per heavy atom. The molecule has 2 aromatic carbocycles. The van der Waals surface area contributed by atoms with Crippen LogP contribution in [0.25, 0.3) is 0 Å². The van der Waals surface area contributed by atoms with Gasteiger partial charge in [0.1, 0.15) is 37.1 Å². The molecule has 8 unspecified atom stereocenters. The van der Waals surface area contributed by atoms with Crippen LogP contribution in [-0.2, 0) is 30.1 Å². The second-order valence-corrected chi connectivity index (χ2v) is 9.94. The molecular weight excluding hydrogens is 564 g/mol. The zero-order chi connectivity index (χ0) is 30.6. The van der Waals surface area contributed by atoms with E-state index in [1.54, 1.807) is 6.07 Å². The Labute approximate surface area is 239 Å². The van der Waals surface area contributed by atoms with Crippen LogP contribution in [-0.4, -0.2) is 129 Å². The molecule has 0 bridgehead atoms. The first-order chi connectivity index (χ1) is 20.0.